The molecule has 0 aliphatic rings. The number of hydrogen-bond acceptors (Lipinski definition) is 4. The van der Waals surface area contributed by atoms with Crippen molar-refractivity contribution < 1.29 is 18.1 Å². The quantitative estimate of drug-likeness (QED) is 0.442. The van der Waals surface area contributed by atoms with E-state index in [1.807, 2.05) is 32.0 Å². The second kappa shape index (κ2) is 10.1. The standard InChI is InChI=1S/C15H25O4P/c1-3-12-17-20(16,18-13-4-2)19-14-8-11-15-9-6-5-7-10-15/h5-7,9-10H,3-4,8,11-14H2,1-2H3. The molecule has 0 atom stereocenters. The second-order valence-electron chi connectivity index (χ2n) is 4.54. The lowest BCUT2D eigenvalue weighted by Gasteiger charge is -2.17. The molecule has 0 radical (unpaired) electrons. The molecule has 1 aromatic carbocycles. The van der Waals surface area contributed by atoms with Gasteiger partial charge in [-0.3, -0.25) is 13.6 Å². The van der Waals surface area contributed by atoms with Crippen LogP contribution < -0.4 is 0 Å². The average Bonchev–Trinajstić information content (AvgIpc) is 2.49. The summed E-state index contributed by atoms with van der Waals surface area (Å²) in [4.78, 5) is 0. The van der Waals surface area contributed by atoms with Gasteiger partial charge in [-0.2, -0.15) is 0 Å². The van der Waals surface area contributed by atoms with E-state index in [9.17, 15) is 4.57 Å². The monoisotopic (exact) mass is 300 g/mol. The summed E-state index contributed by atoms with van der Waals surface area (Å²) in [6.07, 6.45) is 3.25. The molecule has 0 bridgehead atoms. The third kappa shape index (κ3) is 7.20. The van der Waals surface area contributed by atoms with Crippen molar-refractivity contribution in [2.45, 2.75) is 39.5 Å². The number of benzene rings is 1. The largest absolute Gasteiger partial charge is 0.474 e. The Bertz CT molecular complexity index is 382. The molecule has 0 unspecified atom stereocenters. The molecular weight excluding hydrogens is 275 g/mol. The van der Waals surface area contributed by atoms with Crippen molar-refractivity contribution in [2.75, 3.05) is 19.8 Å². The van der Waals surface area contributed by atoms with Gasteiger partial charge in [0.2, 0.25) is 0 Å². The summed E-state index contributed by atoms with van der Waals surface area (Å²) in [5, 5.41) is 0. The average molecular weight is 300 g/mol. The first-order chi connectivity index (χ1) is 9.70. The lowest BCUT2D eigenvalue weighted by Crippen LogP contribution is -2.04. The van der Waals surface area contributed by atoms with Crippen LogP contribution >= 0.6 is 7.82 Å². The van der Waals surface area contributed by atoms with Crippen LogP contribution in [0.2, 0.25) is 0 Å². The zero-order chi connectivity index (χ0) is 14.7. The molecule has 1 rings (SSSR count). The summed E-state index contributed by atoms with van der Waals surface area (Å²) >= 11 is 0. The maximum atomic E-state index is 12.3. The smallest absolute Gasteiger partial charge is 0.287 e. The van der Waals surface area contributed by atoms with Crippen molar-refractivity contribution in [3.63, 3.8) is 0 Å². The van der Waals surface area contributed by atoms with Crippen LogP contribution in [0.4, 0.5) is 0 Å². The van der Waals surface area contributed by atoms with Crippen LogP contribution in [0.1, 0.15) is 38.7 Å². The Morgan fingerprint density at radius 1 is 0.900 bits per heavy atom. The zero-order valence-electron chi connectivity index (χ0n) is 12.4. The van der Waals surface area contributed by atoms with Crippen LogP contribution in [0.5, 0.6) is 0 Å². The van der Waals surface area contributed by atoms with Gasteiger partial charge in [0.25, 0.3) is 0 Å². The summed E-state index contributed by atoms with van der Waals surface area (Å²) < 4.78 is 28.1. The van der Waals surface area contributed by atoms with Crippen LogP contribution in [0.15, 0.2) is 30.3 Å². The molecule has 1 aromatic rings. The minimum atomic E-state index is -3.37. The first-order valence-electron chi connectivity index (χ1n) is 7.27. The van der Waals surface area contributed by atoms with Crippen LogP contribution in [-0.2, 0) is 24.6 Å². The van der Waals surface area contributed by atoms with Gasteiger partial charge in [0.05, 0.1) is 19.8 Å². The Kier molecular flexibility index (Phi) is 8.79. The third-order valence-corrected chi connectivity index (χ3v) is 4.11. The molecule has 4 nitrogen and oxygen atoms in total. The third-order valence-electron chi connectivity index (χ3n) is 2.61. The van der Waals surface area contributed by atoms with Crippen molar-refractivity contribution in [3.05, 3.63) is 35.9 Å². The van der Waals surface area contributed by atoms with Crippen molar-refractivity contribution in [1.82, 2.24) is 0 Å². The number of aryl methyl sites for hydroxylation is 1. The van der Waals surface area contributed by atoms with Gasteiger partial charge in [-0.15, -0.1) is 0 Å². The molecule has 0 saturated carbocycles. The fourth-order valence-corrected chi connectivity index (χ4v) is 3.00. The van der Waals surface area contributed by atoms with Gasteiger partial charge >= 0.3 is 7.82 Å². The van der Waals surface area contributed by atoms with Crippen LogP contribution in [0, 0.1) is 0 Å². The molecule has 5 heteroatoms. The Morgan fingerprint density at radius 2 is 1.45 bits per heavy atom. The minimum Gasteiger partial charge on any atom is -0.287 e. The molecule has 0 heterocycles. The predicted octanol–water partition coefficient (Wildman–Crippen LogP) is 4.60. The van der Waals surface area contributed by atoms with Gasteiger partial charge in [0.15, 0.2) is 0 Å². The molecule has 0 fully saturated rings. The highest BCUT2D eigenvalue weighted by molar-refractivity contribution is 7.48. The molecule has 0 amide bonds. The Labute approximate surface area is 122 Å². The van der Waals surface area contributed by atoms with E-state index in [0.717, 1.165) is 25.7 Å². The van der Waals surface area contributed by atoms with Gasteiger partial charge in [-0.25, -0.2) is 4.57 Å². The highest BCUT2D eigenvalue weighted by Gasteiger charge is 2.25. The number of phosphoric ester groups is 1. The second-order valence-corrected chi connectivity index (χ2v) is 6.21. The normalized spacial score (nSPS) is 11.7. The van der Waals surface area contributed by atoms with Crippen molar-refractivity contribution in [2.24, 2.45) is 0 Å². The number of hydrogen-bond donors (Lipinski definition) is 0. The molecular formula is C15H25O4P. The number of phosphoric acid groups is 1. The lowest BCUT2D eigenvalue weighted by atomic mass is 10.1. The fourth-order valence-electron chi connectivity index (χ4n) is 1.62. The lowest BCUT2D eigenvalue weighted by molar-refractivity contribution is 0.112. The summed E-state index contributed by atoms with van der Waals surface area (Å²) in [5.41, 5.74) is 1.25. The van der Waals surface area contributed by atoms with Crippen molar-refractivity contribution in [1.29, 1.82) is 0 Å². The van der Waals surface area contributed by atoms with Crippen molar-refractivity contribution >= 4 is 7.82 Å². The Balaban J connectivity index is 2.32. The van der Waals surface area contributed by atoms with Crippen molar-refractivity contribution in [3.8, 4) is 0 Å². The topological polar surface area (TPSA) is 44.8 Å². The molecule has 0 spiro atoms. The van der Waals surface area contributed by atoms with E-state index in [1.165, 1.54) is 5.56 Å². The first-order valence-corrected chi connectivity index (χ1v) is 8.74. The van der Waals surface area contributed by atoms with E-state index in [2.05, 4.69) is 12.1 Å². The highest BCUT2D eigenvalue weighted by Crippen LogP contribution is 2.49. The van der Waals surface area contributed by atoms with E-state index in [4.69, 9.17) is 13.6 Å². The van der Waals surface area contributed by atoms with E-state index in [-0.39, 0.29) is 0 Å². The van der Waals surface area contributed by atoms with E-state index in [1.54, 1.807) is 0 Å². The van der Waals surface area contributed by atoms with E-state index in [0.29, 0.717) is 19.8 Å². The van der Waals surface area contributed by atoms with Gasteiger partial charge in [0, 0.05) is 0 Å². The molecule has 0 N–H and O–H groups in total. The Hall–Kier alpha value is -0.670. The highest BCUT2D eigenvalue weighted by atomic mass is 31.2. The number of rotatable bonds is 11. The molecule has 20 heavy (non-hydrogen) atoms. The molecule has 0 aliphatic carbocycles. The van der Waals surface area contributed by atoms with E-state index >= 15 is 0 Å². The summed E-state index contributed by atoms with van der Waals surface area (Å²) in [7, 11) is -3.37. The Morgan fingerprint density at radius 3 is 2.00 bits per heavy atom. The fraction of sp³-hybridized carbons (Fsp3) is 0.600. The minimum absolute atomic E-state index is 0.375. The van der Waals surface area contributed by atoms with Crippen LogP contribution in [0.25, 0.3) is 0 Å². The summed E-state index contributed by atoms with van der Waals surface area (Å²) in [5.74, 6) is 0. The zero-order valence-corrected chi connectivity index (χ0v) is 13.3. The van der Waals surface area contributed by atoms with Gasteiger partial charge in [-0.1, -0.05) is 44.2 Å². The maximum absolute atomic E-state index is 12.3. The first kappa shape index (κ1) is 17.4. The molecule has 114 valence electrons. The maximum Gasteiger partial charge on any atom is 0.474 e. The van der Waals surface area contributed by atoms with Gasteiger partial charge in [-0.05, 0) is 31.2 Å². The van der Waals surface area contributed by atoms with Crippen LogP contribution in [-0.4, -0.2) is 19.8 Å². The predicted molar refractivity (Wildman–Crippen MR) is 80.8 cm³/mol. The van der Waals surface area contributed by atoms with Crippen LogP contribution in [0.3, 0.4) is 0 Å². The molecule has 0 aromatic heterocycles. The van der Waals surface area contributed by atoms with E-state index < -0.39 is 7.82 Å². The summed E-state index contributed by atoms with van der Waals surface area (Å²) in [6.45, 7) is 5.07. The SMILES string of the molecule is CCCOP(=O)(OCCC)OCCCc1ccccc1. The summed E-state index contributed by atoms with van der Waals surface area (Å²) in [6, 6.07) is 10.2. The van der Waals surface area contributed by atoms with Gasteiger partial charge < -0.3 is 0 Å². The van der Waals surface area contributed by atoms with Gasteiger partial charge in [0.1, 0.15) is 0 Å². The molecule has 0 saturated heterocycles. The molecule has 0 aliphatic heterocycles.